The SMILES string of the molecule is [CH2]CCCC([CH2])OC1C=CC(OC2[CH]C=CCC2)=CC1. The molecule has 2 aliphatic rings. The predicted molar refractivity (Wildman–Crippen MR) is 82.6 cm³/mol. The molecule has 0 bridgehead atoms. The summed E-state index contributed by atoms with van der Waals surface area (Å²) >= 11 is 0. The Kier molecular flexibility index (Phi) is 6.38. The van der Waals surface area contributed by atoms with Crippen molar-refractivity contribution in [3.63, 3.8) is 0 Å². The van der Waals surface area contributed by atoms with E-state index >= 15 is 0 Å². The maximum atomic E-state index is 5.94. The lowest BCUT2D eigenvalue weighted by Gasteiger charge is -2.24. The molecule has 2 nitrogen and oxygen atoms in total. The van der Waals surface area contributed by atoms with Crippen LogP contribution in [0.5, 0.6) is 0 Å². The summed E-state index contributed by atoms with van der Waals surface area (Å²) in [5.74, 6) is 0.958. The van der Waals surface area contributed by atoms with E-state index in [-0.39, 0.29) is 18.3 Å². The zero-order valence-corrected chi connectivity index (χ0v) is 12.2. The summed E-state index contributed by atoms with van der Waals surface area (Å²) in [6.45, 7) is 7.87. The molecule has 0 N–H and O–H groups in total. The lowest BCUT2D eigenvalue weighted by molar-refractivity contribution is 0.0331. The number of allylic oxidation sites excluding steroid dienone is 2. The molecular weight excluding hydrogens is 248 g/mol. The highest BCUT2D eigenvalue weighted by Gasteiger charge is 2.16. The highest BCUT2D eigenvalue weighted by Crippen LogP contribution is 2.22. The third-order valence-corrected chi connectivity index (χ3v) is 3.54. The van der Waals surface area contributed by atoms with E-state index in [1.165, 1.54) is 0 Å². The Bertz CT molecular complexity index is 368. The van der Waals surface area contributed by atoms with Crippen LogP contribution in [0.15, 0.2) is 36.1 Å². The van der Waals surface area contributed by atoms with Crippen molar-refractivity contribution in [2.45, 2.75) is 56.8 Å². The molecule has 2 heteroatoms. The van der Waals surface area contributed by atoms with E-state index < -0.39 is 0 Å². The van der Waals surface area contributed by atoms with Gasteiger partial charge in [-0.05, 0) is 44.8 Å². The van der Waals surface area contributed by atoms with Crippen LogP contribution >= 0.6 is 0 Å². The molecule has 2 rings (SSSR count). The van der Waals surface area contributed by atoms with Crippen LogP contribution in [0.3, 0.4) is 0 Å². The summed E-state index contributed by atoms with van der Waals surface area (Å²) < 4.78 is 11.8. The molecule has 0 aromatic carbocycles. The average Bonchev–Trinajstić information content (AvgIpc) is 2.48. The van der Waals surface area contributed by atoms with Gasteiger partial charge in [0.2, 0.25) is 0 Å². The molecule has 3 atom stereocenters. The van der Waals surface area contributed by atoms with Gasteiger partial charge < -0.3 is 9.47 Å². The van der Waals surface area contributed by atoms with Crippen LogP contribution in [-0.2, 0) is 9.47 Å². The summed E-state index contributed by atoms with van der Waals surface area (Å²) in [6.07, 6.45) is 19.0. The van der Waals surface area contributed by atoms with Gasteiger partial charge in [0.15, 0.2) is 0 Å². The Labute approximate surface area is 123 Å². The van der Waals surface area contributed by atoms with E-state index in [2.05, 4.69) is 44.6 Å². The van der Waals surface area contributed by atoms with E-state index in [1.807, 2.05) is 6.08 Å². The molecule has 20 heavy (non-hydrogen) atoms. The van der Waals surface area contributed by atoms with E-state index in [4.69, 9.17) is 9.47 Å². The first-order valence-corrected chi connectivity index (χ1v) is 7.60. The van der Waals surface area contributed by atoms with Crippen LogP contribution in [0.1, 0.15) is 38.5 Å². The summed E-state index contributed by atoms with van der Waals surface area (Å²) in [5.41, 5.74) is 0. The van der Waals surface area contributed by atoms with E-state index in [9.17, 15) is 0 Å². The van der Waals surface area contributed by atoms with Gasteiger partial charge in [0.1, 0.15) is 11.9 Å². The van der Waals surface area contributed by atoms with Crippen LogP contribution in [0.2, 0.25) is 0 Å². The molecule has 0 fully saturated rings. The molecule has 3 unspecified atom stereocenters. The average molecular weight is 273 g/mol. The van der Waals surface area contributed by atoms with Gasteiger partial charge >= 0.3 is 0 Å². The molecule has 3 radical (unpaired) electrons. The van der Waals surface area contributed by atoms with E-state index in [1.54, 1.807) is 0 Å². The van der Waals surface area contributed by atoms with E-state index in [0.29, 0.717) is 0 Å². The van der Waals surface area contributed by atoms with Crippen molar-refractivity contribution < 1.29 is 9.47 Å². The largest absolute Gasteiger partial charge is 0.490 e. The van der Waals surface area contributed by atoms with Gasteiger partial charge in [-0.15, -0.1) is 0 Å². The standard InChI is InChI=1S/C18H25O2/c1-3-4-8-15(2)19-17-11-13-18(14-12-17)20-16-9-6-5-7-10-16/h5-6,9,11,13-17H,1-4,7-8,10,12H2. The Morgan fingerprint density at radius 2 is 2.25 bits per heavy atom. The third-order valence-electron chi connectivity index (χ3n) is 3.54. The number of hydrogen-bond acceptors (Lipinski definition) is 2. The summed E-state index contributed by atoms with van der Waals surface area (Å²) in [7, 11) is 0. The molecule has 0 aromatic heterocycles. The lowest BCUT2D eigenvalue weighted by atomic mass is 10.0. The van der Waals surface area contributed by atoms with Gasteiger partial charge in [-0.1, -0.05) is 38.0 Å². The topological polar surface area (TPSA) is 18.5 Å². The maximum absolute atomic E-state index is 5.94. The molecule has 2 aliphatic carbocycles. The Morgan fingerprint density at radius 1 is 1.35 bits per heavy atom. The van der Waals surface area contributed by atoms with Gasteiger partial charge in [0.05, 0.1) is 12.2 Å². The Hall–Kier alpha value is -1.02. The Morgan fingerprint density at radius 3 is 2.90 bits per heavy atom. The smallest absolute Gasteiger partial charge is 0.115 e. The highest BCUT2D eigenvalue weighted by atomic mass is 16.5. The second-order valence-electron chi connectivity index (χ2n) is 5.35. The second kappa shape index (κ2) is 8.31. The number of hydrogen-bond donors (Lipinski definition) is 0. The van der Waals surface area contributed by atoms with Crippen LogP contribution in [0.25, 0.3) is 0 Å². The van der Waals surface area contributed by atoms with Crippen molar-refractivity contribution in [1.29, 1.82) is 0 Å². The summed E-state index contributed by atoms with van der Waals surface area (Å²) in [6, 6.07) is 0. The van der Waals surface area contributed by atoms with E-state index in [0.717, 1.165) is 44.3 Å². The first-order valence-electron chi connectivity index (χ1n) is 7.60. The molecular formula is C18H25O2. The number of rotatable bonds is 7. The van der Waals surface area contributed by atoms with Gasteiger partial charge in [0, 0.05) is 6.42 Å². The maximum Gasteiger partial charge on any atom is 0.115 e. The van der Waals surface area contributed by atoms with Gasteiger partial charge in [0.25, 0.3) is 0 Å². The van der Waals surface area contributed by atoms with Crippen LogP contribution in [0.4, 0.5) is 0 Å². The van der Waals surface area contributed by atoms with Crippen LogP contribution < -0.4 is 0 Å². The number of unbranched alkanes of at least 4 members (excludes halogenated alkanes) is 1. The van der Waals surface area contributed by atoms with Crippen molar-refractivity contribution in [2.75, 3.05) is 0 Å². The zero-order valence-electron chi connectivity index (χ0n) is 12.2. The quantitative estimate of drug-likeness (QED) is 0.686. The highest BCUT2D eigenvalue weighted by molar-refractivity contribution is 5.20. The van der Waals surface area contributed by atoms with Gasteiger partial charge in [-0.25, -0.2) is 0 Å². The molecule has 0 saturated carbocycles. The molecule has 0 aliphatic heterocycles. The predicted octanol–water partition coefficient (Wildman–Crippen LogP) is 4.36. The summed E-state index contributed by atoms with van der Waals surface area (Å²) in [5, 5.41) is 0. The number of ether oxygens (including phenoxy) is 2. The minimum absolute atomic E-state index is 0.0547. The van der Waals surface area contributed by atoms with Crippen molar-refractivity contribution in [2.24, 2.45) is 0 Å². The zero-order chi connectivity index (χ0) is 14.2. The van der Waals surface area contributed by atoms with Gasteiger partial charge in [-0.3, -0.25) is 0 Å². The van der Waals surface area contributed by atoms with Gasteiger partial charge in [-0.2, -0.15) is 0 Å². The van der Waals surface area contributed by atoms with Crippen molar-refractivity contribution in [1.82, 2.24) is 0 Å². The molecule has 0 aromatic rings. The first-order chi connectivity index (χ1) is 9.78. The molecule has 109 valence electrons. The first kappa shape index (κ1) is 15.4. The van der Waals surface area contributed by atoms with Crippen molar-refractivity contribution >= 4 is 0 Å². The van der Waals surface area contributed by atoms with Crippen LogP contribution in [0, 0.1) is 20.3 Å². The fraction of sp³-hybridized carbons (Fsp3) is 0.500. The summed E-state index contributed by atoms with van der Waals surface area (Å²) in [4.78, 5) is 0. The molecule has 0 heterocycles. The Balaban J connectivity index is 1.70. The fourth-order valence-electron chi connectivity index (χ4n) is 2.39. The minimum atomic E-state index is 0.0547. The molecule has 0 amide bonds. The van der Waals surface area contributed by atoms with Crippen molar-refractivity contribution in [3.05, 3.63) is 56.4 Å². The monoisotopic (exact) mass is 273 g/mol. The minimum Gasteiger partial charge on any atom is -0.490 e. The second-order valence-corrected chi connectivity index (χ2v) is 5.35. The molecule has 0 spiro atoms. The fourth-order valence-corrected chi connectivity index (χ4v) is 2.39. The molecule has 0 saturated heterocycles. The third kappa shape index (κ3) is 5.16. The van der Waals surface area contributed by atoms with Crippen molar-refractivity contribution in [3.8, 4) is 0 Å². The normalized spacial score (nSPS) is 27.2. The lowest BCUT2D eigenvalue weighted by Crippen LogP contribution is -2.20. The van der Waals surface area contributed by atoms with Crippen LogP contribution in [-0.4, -0.2) is 18.3 Å².